The number of benzene rings is 2. The van der Waals surface area contributed by atoms with Crippen molar-refractivity contribution >= 4 is 83.9 Å². The molecule has 2 bridgehead atoms. The number of carbonyl (C=O) groups is 3. The van der Waals surface area contributed by atoms with Gasteiger partial charge >= 0.3 is 38.7 Å². The molecule has 0 radical (unpaired) electrons. The summed E-state index contributed by atoms with van der Waals surface area (Å²) in [5, 5.41) is 32.5. The number of rotatable bonds is 14. The fourth-order valence-corrected chi connectivity index (χ4v) is 14.4. The molecule has 1 saturated heterocycles. The molecule has 4 aliphatic carbocycles. The first-order valence-electron chi connectivity index (χ1n) is 21.2. The highest BCUT2D eigenvalue weighted by Crippen LogP contribution is 2.70. The maximum atomic E-state index is 13.5. The van der Waals surface area contributed by atoms with E-state index in [1.165, 1.54) is 12.1 Å². The fourth-order valence-electron chi connectivity index (χ4n) is 11.6. The van der Waals surface area contributed by atoms with Crippen molar-refractivity contribution in [2.75, 3.05) is 6.61 Å². The van der Waals surface area contributed by atoms with E-state index in [0.29, 0.717) is 38.4 Å². The molecule has 2 aromatic carbocycles. The number of phenolic OH excluding ortho intramolecular Hbond substituents is 1. The minimum Gasteiger partial charge on any atom is -0.506 e. The smallest absolute Gasteiger partial charge is 0.397 e. The highest BCUT2D eigenvalue weighted by molar-refractivity contribution is 14.1. The van der Waals surface area contributed by atoms with Crippen LogP contribution in [0.1, 0.15) is 82.5 Å². The van der Waals surface area contributed by atoms with Crippen molar-refractivity contribution in [3.8, 4) is 16.9 Å². The summed E-state index contributed by atoms with van der Waals surface area (Å²) in [7, 11) is -11.1. The predicted octanol–water partition coefficient (Wildman–Crippen LogP) is 6.11. The van der Waals surface area contributed by atoms with E-state index >= 15 is 0 Å². The van der Waals surface area contributed by atoms with E-state index in [2.05, 4.69) is 6.58 Å². The van der Waals surface area contributed by atoms with Gasteiger partial charge in [-0.05, 0) is 160 Å². The molecule has 5 fully saturated rings. The van der Waals surface area contributed by atoms with Crippen molar-refractivity contribution in [3.63, 3.8) is 0 Å². The number of hydrogen-bond donors (Lipinski definition) is 5. The van der Waals surface area contributed by atoms with E-state index in [1.807, 2.05) is 52.1 Å². The molecule has 0 amide bonds. The Bertz CT molecular complexity index is 2390. The van der Waals surface area contributed by atoms with Gasteiger partial charge in [-0.3, -0.25) is 18.7 Å². The normalized spacial score (nSPS) is 34.7. The van der Waals surface area contributed by atoms with Crippen LogP contribution in [0.3, 0.4) is 0 Å². The first-order chi connectivity index (χ1) is 30.3. The number of aliphatic carboxylic acids is 1. The summed E-state index contributed by atoms with van der Waals surface area (Å²) in [5.74, 6) is -4.46. The molecule has 4 saturated carbocycles. The zero-order chi connectivity index (χ0) is 47.6. The third kappa shape index (κ3) is 10.6. The number of fused-ring (bicyclic) bond motifs is 3. The highest BCUT2D eigenvalue weighted by Gasteiger charge is 2.67. The second-order valence-corrected chi connectivity index (χ2v) is 23.0. The Labute approximate surface area is 404 Å². The lowest BCUT2D eigenvalue weighted by molar-refractivity contribution is -0.315. The van der Waals surface area contributed by atoms with Crippen molar-refractivity contribution in [2.45, 2.75) is 115 Å². The minimum absolute atomic E-state index is 0.0129. The molecule has 5 N–H and O–H groups in total. The topological polar surface area (TPSA) is 276 Å². The monoisotopic (exact) mass is 1170 g/mol. The number of carbonyl (C=O) groups excluding carboxylic acids is 2. The molecule has 18 nitrogen and oxygen atoms in total. The van der Waals surface area contributed by atoms with Crippen LogP contribution in [0.5, 0.6) is 5.75 Å². The molecule has 0 unspecified atom stereocenters. The van der Waals surface area contributed by atoms with Crippen LogP contribution < -0.4 is 0 Å². The van der Waals surface area contributed by atoms with Crippen LogP contribution >= 0.6 is 45.2 Å². The van der Waals surface area contributed by atoms with Crippen molar-refractivity contribution in [2.24, 2.45) is 40.4 Å². The van der Waals surface area contributed by atoms with Crippen LogP contribution in [0.4, 0.5) is 0 Å². The van der Waals surface area contributed by atoms with Gasteiger partial charge in [-0.2, -0.15) is 16.8 Å². The Morgan fingerprint density at radius 2 is 1.55 bits per heavy atom. The van der Waals surface area contributed by atoms with E-state index in [1.54, 1.807) is 38.1 Å². The molecule has 13 atom stereocenters. The Balaban J connectivity index is 1.22. The number of carboxylic acids is 1. The number of ether oxygens (including phenoxy) is 4. The van der Waals surface area contributed by atoms with Gasteiger partial charge in [0.1, 0.15) is 24.6 Å². The molecule has 5 aliphatic rings. The van der Waals surface area contributed by atoms with Gasteiger partial charge in [-0.1, -0.05) is 39.5 Å². The summed E-state index contributed by atoms with van der Waals surface area (Å²) in [4.78, 5) is 39.9. The Morgan fingerprint density at radius 1 is 0.923 bits per heavy atom. The zero-order valence-corrected chi connectivity index (χ0v) is 41.5. The average Bonchev–Trinajstić information content (AvgIpc) is 3.38. The number of aliphatic hydroxyl groups excluding tert-OH is 1. The van der Waals surface area contributed by atoms with Gasteiger partial charge in [0.15, 0.2) is 18.5 Å². The molecule has 358 valence electrons. The predicted molar refractivity (Wildman–Crippen MR) is 245 cm³/mol. The summed E-state index contributed by atoms with van der Waals surface area (Å²) >= 11 is 3.98. The number of aliphatic hydroxyl groups is 1. The summed E-state index contributed by atoms with van der Waals surface area (Å²) in [6.07, 6.45) is -9.03. The summed E-state index contributed by atoms with van der Waals surface area (Å²) in [5.41, 5.74) is 0.963. The Morgan fingerprint density at radius 3 is 2.15 bits per heavy atom. The van der Waals surface area contributed by atoms with E-state index in [4.69, 9.17) is 27.3 Å². The number of esters is 2. The maximum Gasteiger partial charge on any atom is 0.397 e. The Hall–Kier alpha value is -2.53. The first-order valence-corrected chi connectivity index (χ1v) is 26.1. The lowest BCUT2D eigenvalue weighted by Crippen LogP contribution is -2.64. The van der Waals surface area contributed by atoms with Crippen molar-refractivity contribution in [1.82, 2.24) is 0 Å². The first kappa shape index (κ1) is 50.3. The fraction of sp³-hybridized carbons (Fsp3) is 0.605. The third-order valence-corrected chi connectivity index (χ3v) is 16.7. The SMILES string of the molecule is C=C1[C@@H]2CC[C@H]3[C@]4(C)C[C@H](O[C@@H]5O[C@H](COC(=O)c6ccc(-c7cc(I)c(O)c(I)c7)cc6)[C@@H](OS(=O)(=O)O)[C@H](OS(=O)(=O)O)[C@H]5OC(=O)CC(C)C)C[C@@H](C(=O)O)[C@H]4CC[C@]3(C2)[C@@H]1O. The molecule has 2 aromatic rings. The van der Waals surface area contributed by atoms with E-state index in [9.17, 15) is 55.6 Å². The van der Waals surface area contributed by atoms with Crippen molar-refractivity contribution in [1.29, 1.82) is 0 Å². The largest absolute Gasteiger partial charge is 0.506 e. The standard InChI is InChI=1S/C43H52I2O18S2/c1-20(2)13-33(46)61-37-36(63-65(55,56)57)35(62-64(52,53)54)31(19-58-40(51)23-7-5-22(6-8-23)25-14-29(44)34(47)30(45)15-25)60-41(37)59-26-16-27(39(49)50)28-11-12-43-17-24(21(3)38(43)48)9-10-32(43)42(28,4)18-26/h5-8,14-15,20,24,26-28,31-32,35-38,41,47-48H,3,9-13,16-19H2,1-2,4H3,(H,49,50)(H,52,53,54)(H,55,56,57)/t24-,26-,27-,28-,31-,32+,35-,36+,37-,38-,41-,42-,43-/m1/s1. The summed E-state index contributed by atoms with van der Waals surface area (Å²) in [6, 6.07) is 9.62. The minimum atomic E-state index is -5.56. The molecular formula is C43H52I2O18S2. The number of carboxylic acid groups (broad SMARTS) is 1. The van der Waals surface area contributed by atoms with Gasteiger partial charge < -0.3 is 34.3 Å². The van der Waals surface area contributed by atoms with Gasteiger partial charge in [0, 0.05) is 11.8 Å². The molecule has 7 rings (SSSR count). The van der Waals surface area contributed by atoms with Crippen LogP contribution in [0.25, 0.3) is 11.1 Å². The number of phenols is 1. The zero-order valence-electron chi connectivity index (χ0n) is 35.6. The van der Waals surface area contributed by atoms with Gasteiger partial charge in [0.05, 0.1) is 30.8 Å². The maximum absolute atomic E-state index is 13.5. The molecule has 1 aliphatic heterocycles. The molecule has 65 heavy (non-hydrogen) atoms. The van der Waals surface area contributed by atoms with Crippen LogP contribution in [-0.4, -0.2) is 109 Å². The van der Waals surface area contributed by atoms with Gasteiger partial charge in [0.25, 0.3) is 0 Å². The Kier molecular flexibility index (Phi) is 14.8. The van der Waals surface area contributed by atoms with Gasteiger partial charge in [-0.15, -0.1) is 0 Å². The van der Waals surface area contributed by atoms with E-state index in [0.717, 1.165) is 17.6 Å². The van der Waals surface area contributed by atoms with Crippen LogP contribution in [0.15, 0.2) is 48.6 Å². The van der Waals surface area contributed by atoms with Crippen LogP contribution in [0.2, 0.25) is 0 Å². The number of aromatic hydroxyl groups is 1. The van der Waals surface area contributed by atoms with Gasteiger partial charge in [0.2, 0.25) is 0 Å². The summed E-state index contributed by atoms with van der Waals surface area (Å²) in [6.45, 7) is 8.65. The van der Waals surface area contributed by atoms with E-state index < -0.39 is 105 Å². The molecule has 1 spiro atoms. The quantitative estimate of drug-likeness (QED) is 0.0469. The van der Waals surface area contributed by atoms with Crippen molar-refractivity contribution < 1.29 is 83.0 Å². The lowest BCUT2D eigenvalue weighted by atomic mass is 9.43. The van der Waals surface area contributed by atoms with Crippen LogP contribution in [0, 0.1) is 47.6 Å². The van der Waals surface area contributed by atoms with E-state index in [-0.39, 0.29) is 54.2 Å². The van der Waals surface area contributed by atoms with Crippen LogP contribution in [-0.2, 0) is 57.7 Å². The lowest BCUT2D eigenvalue weighted by Gasteiger charge is -2.62. The molecule has 22 heteroatoms. The van der Waals surface area contributed by atoms with Crippen molar-refractivity contribution in [3.05, 3.63) is 61.3 Å². The average molecular weight is 1170 g/mol. The summed E-state index contributed by atoms with van der Waals surface area (Å²) < 4.78 is 105. The van der Waals surface area contributed by atoms with Gasteiger partial charge in [-0.25, -0.2) is 13.2 Å². The third-order valence-electron chi connectivity index (χ3n) is 14.2. The number of hydrogen-bond acceptors (Lipinski definition) is 15. The molecule has 1 heterocycles. The molecular weight excluding hydrogens is 1120 g/mol. The second-order valence-electron chi connectivity index (χ2n) is 18.6. The highest BCUT2D eigenvalue weighted by atomic mass is 127. The number of halogens is 2. The molecule has 0 aromatic heterocycles. The second kappa shape index (κ2) is 19.1.